The molecule has 9 nitrogen and oxygen atoms in total. The SMILES string of the molecule is CCN1CCC(NC(=O)c2ccc(Nc3nc(-c4cccc(N(C(=O)c5ccccc5)C(C)(C)C)c4C)cn(C)c3=O)cc2)CC1. The van der Waals surface area contributed by atoms with E-state index in [1.165, 1.54) is 4.57 Å². The molecule has 0 spiro atoms. The van der Waals surface area contributed by atoms with Crippen molar-refractivity contribution in [3.05, 3.63) is 106 Å². The Morgan fingerprint density at radius 3 is 2.24 bits per heavy atom. The fourth-order valence-electron chi connectivity index (χ4n) is 5.95. The Bertz CT molecular complexity index is 1750. The number of hydrogen-bond donors (Lipinski definition) is 2. The van der Waals surface area contributed by atoms with Crippen LogP contribution in [-0.2, 0) is 7.05 Å². The van der Waals surface area contributed by atoms with Gasteiger partial charge in [0.15, 0.2) is 5.82 Å². The summed E-state index contributed by atoms with van der Waals surface area (Å²) < 4.78 is 1.50. The largest absolute Gasteiger partial charge is 0.349 e. The number of carbonyl (C=O) groups excluding carboxylic acids is 2. The molecule has 0 saturated carbocycles. The molecule has 5 rings (SSSR count). The van der Waals surface area contributed by atoms with Crippen LogP contribution >= 0.6 is 0 Å². The molecular formula is C37H44N6O3. The molecule has 0 atom stereocenters. The number of amides is 2. The predicted octanol–water partition coefficient (Wildman–Crippen LogP) is 6.16. The molecule has 0 aliphatic carbocycles. The van der Waals surface area contributed by atoms with Crippen LogP contribution in [0.4, 0.5) is 17.2 Å². The third-order valence-corrected chi connectivity index (χ3v) is 8.57. The molecular weight excluding hydrogens is 576 g/mol. The van der Waals surface area contributed by atoms with Gasteiger partial charge in [-0.15, -0.1) is 0 Å². The number of aromatic nitrogens is 2. The lowest BCUT2D eigenvalue weighted by Crippen LogP contribution is -2.46. The summed E-state index contributed by atoms with van der Waals surface area (Å²) in [6.07, 6.45) is 3.60. The summed E-state index contributed by atoms with van der Waals surface area (Å²) in [5, 5.41) is 6.31. The monoisotopic (exact) mass is 620 g/mol. The Hall–Kier alpha value is -4.76. The molecule has 46 heavy (non-hydrogen) atoms. The van der Waals surface area contributed by atoms with E-state index in [1.54, 1.807) is 37.5 Å². The third-order valence-electron chi connectivity index (χ3n) is 8.57. The normalized spacial score (nSPS) is 14.1. The van der Waals surface area contributed by atoms with Gasteiger partial charge in [0.1, 0.15) is 0 Å². The Kier molecular flexibility index (Phi) is 9.72. The number of piperidine rings is 1. The number of carbonyl (C=O) groups is 2. The van der Waals surface area contributed by atoms with Crippen molar-refractivity contribution in [1.29, 1.82) is 0 Å². The van der Waals surface area contributed by atoms with Crippen LogP contribution in [0.3, 0.4) is 0 Å². The fraction of sp³-hybridized carbons (Fsp3) is 0.351. The second-order valence-electron chi connectivity index (χ2n) is 12.9. The maximum atomic E-state index is 13.8. The van der Waals surface area contributed by atoms with E-state index in [0.29, 0.717) is 22.5 Å². The van der Waals surface area contributed by atoms with Crippen molar-refractivity contribution in [2.75, 3.05) is 29.9 Å². The van der Waals surface area contributed by atoms with Gasteiger partial charge < -0.3 is 25.0 Å². The zero-order valence-corrected chi connectivity index (χ0v) is 27.6. The first kappa shape index (κ1) is 32.6. The first-order valence-corrected chi connectivity index (χ1v) is 15.9. The molecule has 3 aromatic carbocycles. The van der Waals surface area contributed by atoms with E-state index >= 15 is 0 Å². The van der Waals surface area contributed by atoms with Gasteiger partial charge in [-0.25, -0.2) is 4.98 Å². The quantitative estimate of drug-likeness (QED) is 0.245. The highest BCUT2D eigenvalue weighted by atomic mass is 16.2. The molecule has 240 valence electrons. The maximum Gasteiger partial charge on any atom is 0.293 e. The first-order valence-electron chi connectivity index (χ1n) is 15.9. The Balaban J connectivity index is 1.39. The van der Waals surface area contributed by atoms with E-state index in [1.807, 2.05) is 81.1 Å². The van der Waals surface area contributed by atoms with Crippen molar-refractivity contribution in [2.24, 2.45) is 7.05 Å². The second kappa shape index (κ2) is 13.7. The third kappa shape index (κ3) is 7.21. The topological polar surface area (TPSA) is 99.6 Å². The molecule has 1 aromatic heterocycles. The zero-order valence-electron chi connectivity index (χ0n) is 27.6. The van der Waals surface area contributed by atoms with Gasteiger partial charge in [0.2, 0.25) is 0 Å². The number of likely N-dealkylation sites (tertiary alicyclic amines) is 1. The summed E-state index contributed by atoms with van der Waals surface area (Å²) in [4.78, 5) is 48.8. The number of benzene rings is 3. The molecule has 9 heteroatoms. The minimum absolute atomic E-state index is 0.0943. The van der Waals surface area contributed by atoms with E-state index in [4.69, 9.17) is 4.98 Å². The number of hydrogen-bond acceptors (Lipinski definition) is 6. The van der Waals surface area contributed by atoms with E-state index < -0.39 is 5.54 Å². The van der Waals surface area contributed by atoms with E-state index in [2.05, 4.69) is 22.5 Å². The zero-order chi connectivity index (χ0) is 33.0. The van der Waals surface area contributed by atoms with E-state index in [9.17, 15) is 14.4 Å². The summed E-state index contributed by atoms with van der Waals surface area (Å²) in [7, 11) is 1.69. The van der Waals surface area contributed by atoms with Crippen molar-refractivity contribution in [3.63, 3.8) is 0 Å². The summed E-state index contributed by atoms with van der Waals surface area (Å²) in [5.41, 5.74) is 4.08. The highest BCUT2D eigenvalue weighted by molar-refractivity contribution is 6.07. The van der Waals surface area contributed by atoms with Crippen LogP contribution in [0.15, 0.2) is 83.8 Å². The van der Waals surface area contributed by atoms with Gasteiger partial charge in [0.05, 0.1) is 5.69 Å². The number of aryl methyl sites for hydroxylation is 1. The Labute approximate surface area is 271 Å². The predicted molar refractivity (Wildman–Crippen MR) is 185 cm³/mol. The molecule has 2 N–H and O–H groups in total. The lowest BCUT2D eigenvalue weighted by Gasteiger charge is -2.37. The fourth-order valence-corrected chi connectivity index (χ4v) is 5.95. The van der Waals surface area contributed by atoms with E-state index in [-0.39, 0.29) is 29.2 Å². The maximum absolute atomic E-state index is 13.8. The summed E-state index contributed by atoms with van der Waals surface area (Å²) in [5.74, 6) is -0.0243. The molecule has 2 heterocycles. The van der Waals surface area contributed by atoms with Gasteiger partial charge in [-0.2, -0.15) is 0 Å². The molecule has 1 aliphatic rings. The standard InChI is InChI=1S/C37H44N6O3/c1-7-42-22-20-29(21-23-42)39-34(44)26-16-18-28(19-17-26)38-33-36(46)41(6)24-31(40-33)30-14-11-15-32(25(30)2)43(37(3,4)5)35(45)27-12-9-8-10-13-27/h8-19,24,29H,7,20-23H2,1-6H3,(H,38,40)(H,39,44). The molecule has 1 aliphatic heterocycles. The van der Waals surface area contributed by atoms with Crippen LogP contribution in [-0.4, -0.2) is 57.5 Å². The minimum atomic E-state index is -0.504. The van der Waals surface area contributed by atoms with Gasteiger partial charge in [0, 0.05) is 66.0 Å². The molecule has 2 amide bonds. The van der Waals surface area contributed by atoms with Gasteiger partial charge in [0.25, 0.3) is 17.4 Å². The molecule has 0 unspecified atom stereocenters. The highest BCUT2D eigenvalue weighted by Crippen LogP contribution is 2.34. The molecule has 4 aromatic rings. The lowest BCUT2D eigenvalue weighted by atomic mass is 9.97. The average molecular weight is 621 g/mol. The van der Waals surface area contributed by atoms with Gasteiger partial charge in [-0.1, -0.05) is 37.3 Å². The molecule has 1 saturated heterocycles. The van der Waals surface area contributed by atoms with Crippen molar-refractivity contribution in [2.45, 2.75) is 59.0 Å². The number of nitrogens with zero attached hydrogens (tertiary/aromatic N) is 4. The average Bonchev–Trinajstić information content (AvgIpc) is 3.04. The van der Waals surface area contributed by atoms with Crippen LogP contribution in [0.1, 0.15) is 66.8 Å². The van der Waals surface area contributed by atoms with Gasteiger partial charge in [-0.05, 0) is 95.1 Å². The van der Waals surface area contributed by atoms with Crippen LogP contribution in [0.5, 0.6) is 0 Å². The number of anilines is 3. The van der Waals surface area contributed by atoms with Crippen LogP contribution in [0.2, 0.25) is 0 Å². The first-order chi connectivity index (χ1) is 22.0. The van der Waals surface area contributed by atoms with E-state index in [0.717, 1.165) is 49.3 Å². The summed E-state index contributed by atoms with van der Waals surface area (Å²) in [6.45, 7) is 13.2. The van der Waals surface area contributed by atoms with Crippen LogP contribution < -0.4 is 21.1 Å². The summed E-state index contributed by atoms with van der Waals surface area (Å²) >= 11 is 0. The van der Waals surface area contributed by atoms with Crippen molar-refractivity contribution < 1.29 is 9.59 Å². The highest BCUT2D eigenvalue weighted by Gasteiger charge is 2.31. The minimum Gasteiger partial charge on any atom is -0.349 e. The molecule has 0 bridgehead atoms. The van der Waals surface area contributed by atoms with Crippen molar-refractivity contribution in [3.8, 4) is 11.3 Å². The lowest BCUT2D eigenvalue weighted by molar-refractivity contribution is 0.0911. The molecule has 0 radical (unpaired) electrons. The molecule has 1 fully saturated rings. The van der Waals surface area contributed by atoms with Crippen molar-refractivity contribution in [1.82, 2.24) is 19.8 Å². The van der Waals surface area contributed by atoms with Gasteiger partial charge >= 0.3 is 0 Å². The number of nitrogens with one attached hydrogen (secondary N) is 2. The number of rotatable bonds is 8. The van der Waals surface area contributed by atoms with Crippen LogP contribution in [0.25, 0.3) is 11.3 Å². The Morgan fingerprint density at radius 2 is 1.61 bits per heavy atom. The van der Waals surface area contributed by atoms with Crippen molar-refractivity contribution >= 4 is 29.0 Å². The summed E-state index contributed by atoms with van der Waals surface area (Å²) in [6, 6.07) is 22.3. The second-order valence-corrected chi connectivity index (χ2v) is 12.9. The smallest absolute Gasteiger partial charge is 0.293 e. The van der Waals surface area contributed by atoms with Crippen LogP contribution in [0, 0.1) is 6.92 Å². The Morgan fingerprint density at radius 1 is 0.935 bits per heavy atom. The van der Waals surface area contributed by atoms with Gasteiger partial charge in [-0.3, -0.25) is 14.4 Å².